The number of rotatable bonds is 3. The second kappa shape index (κ2) is 5.26. The zero-order valence-corrected chi connectivity index (χ0v) is 11.3. The minimum Gasteiger partial charge on any atom is -0.467 e. The van der Waals surface area contributed by atoms with Gasteiger partial charge in [-0.25, -0.2) is 4.39 Å². The van der Waals surface area contributed by atoms with Crippen LogP contribution in [0.4, 0.5) is 10.3 Å². The molecule has 0 radical (unpaired) electrons. The van der Waals surface area contributed by atoms with Gasteiger partial charge in [-0.15, -0.1) is 0 Å². The van der Waals surface area contributed by atoms with E-state index in [1.807, 2.05) is 0 Å². The van der Waals surface area contributed by atoms with Crippen molar-refractivity contribution in [3.05, 3.63) is 28.5 Å². The molecule has 0 bridgehead atoms. The van der Waals surface area contributed by atoms with E-state index in [1.165, 1.54) is 7.11 Å². The highest BCUT2D eigenvalue weighted by Gasteiger charge is 2.13. The van der Waals surface area contributed by atoms with E-state index < -0.39 is 5.82 Å². The Morgan fingerprint density at radius 2 is 2.06 bits per heavy atom. The van der Waals surface area contributed by atoms with Crippen LogP contribution in [-0.2, 0) is 0 Å². The molecular formula is C11H10BrFN4O. The molecule has 0 aliphatic heterocycles. The summed E-state index contributed by atoms with van der Waals surface area (Å²) in [5.74, 6) is 0.106. The van der Waals surface area contributed by atoms with Crippen molar-refractivity contribution in [2.45, 2.75) is 0 Å². The molecule has 2 rings (SSSR count). The number of anilines is 1. The monoisotopic (exact) mass is 312 g/mol. The summed E-state index contributed by atoms with van der Waals surface area (Å²) in [4.78, 5) is 12.1. The number of methoxy groups -OCH3 is 1. The van der Waals surface area contributed by atoms with Crippen molar-refractivity contribution >= 4 is 21.9 Å². The molecular weight excluding hydrogens is 303 g/mol. The predicted octanol–water partition coefficient (Wildman–Crippen LogP) is 2.49. The van der Waals surface area contributed by atoms with Crippen LogP contribution >= 0.6 is 15.9 Å². The van der Waals surface area contributed by atoms with E-state index in [-0.39, 0.29) is 17.4 Å². The SMILES string of the molecule is CNc1nc(OC)nc(-c2cccc(Br)c2F)n1. The Balaban J connectivity index is 2.59. The van der Waals surface area contributed by atoms with Gasteiger partial charge < -0.3 is 10.1 Å². The molecule has 0 amide bonds. The van der Waals surface area contributed by atoms with Crippen molar-refractivity contribution in [3.8, 4) is 17.4 Å². The second-order valence-electron chi connectivity index (χ2n) is 3.32. The molecule has 2 aromatic rings. The lowest BCUT2D eigenvalue weighted by atomic mass is 10.2. The molecule has 0 saturated carbocycles. The highest BCUT2D eigenvalue weighted by Crippen LogP contribution is 2.26. The van der Waals surface area contributed by atoms with E-state index in [9.17, 15) is 4.39 Å². The van der Waals surface area contributed by atoms with E-state index >= 15 is 0 Å². The highest BCUT2D eigenvalue weighted by atomic mass is 79.9. The third-order valence-corrected chi connectivity index (χ3v) is 2.83. The Morgan fingerprint density at radius 1 is 1.28 bits per heavy atom. The molecule has 1 heterocycles. The highest BCUT2D eigenvalue weighted by molar-refractivity contribution is 9.10. The van der Waals surface area contributed by atoms with Crippen LogP contribution in [0.15, 0.2) is 22.7 Å². The molecule has 0 aliphatic carbocycles. The molecule has 0 spiro atoms. The van der Waals surface area contributed by atoms with E-state index in [4.69, 9.17) is 4.74 Å². The third kappa shape index (κ3) is 2.40. The maximum absolute atomic E-state index is 14.0. The molecule has 5 nitrogen and oxygen atoms in total. The van der Waals surface area contributed by atoms with E-state index in [1.54, 1.807) is 25.2 Å². The summed E-state index contributed by atoms with van der Waals surface area (Å²) in [6, 6.07) is 5.03. The fraction of sp³-hybridized carbons (Fsp3) is 0.182. The van der Waals surface area contributed by atoms with Crippen LogP contribution in [0.5, 0.6) is 6.01 Å². The second-order valence-corrected chi connectivity index (χ2v) is 4.18. The summed E-state index contributed by atoms with van der Waals surface area (Å²) in [6.07, 6.45) is 0. The minimum absolute atomic E-state index is 0.128. The van der Waals surface area contributed by atoms with Gasteiger partial charge in [0, 0.05) is 7.05 Å². The number of nitrogens with zero attached hydrogens (tertiary/aromatic N) is 3. The first kappa shape index (κ1) is 12.7. The van der Waals surface area contributed by atoms with Gasteiger partial charge in [-0.1, -0.05) is 6.07 Å². The molecule has 0 atom stereocenters. The number of ether oxygens (including phenoxy) is 1. The van der Waals surface area contributed by atoms with Crippen molar-refractivity contribution in [3.63, 3.8) is 0 Å². The van der Waals surface area contributed by atoms with Crippen LogP contribution in [-0.4, -0.2) is 29.1 Å². The van der Waals surface area contributed by atoms with Gasteiger partial charge in [-0.3, -0.25) is 0 Å². The van der Waals surface area contributed by atoms with Gasteiger partial charge in [-0.05, 0) is 28.1 Å². The molecule has 94 valence electrons. The van der Waals surface area contributed by atoms with Gasteiger partial charge in [-0.2, -0.15) is 15.0 Å². The molecule has 0 saturated heterocycles. The summed E-state index contributed by atoms with van der Waals surface area (Å²) in [6.45, 7) is 0. The van der Waals surface area contributed by atoms with Crippen LogP contribution in [0.3, 0.4) is 0 Å². The number of hydrogen-bond donors (Lipinski definition) is 1. The topological polar surface area (TPSA) is 59.9 Å². The first-order valence-electron chi connectivity index (χ1n) is 5.08. The van der Waals surface area contributed by atoms with Gasteiger partial charge in [0.25, 0.3) is 0 Å². The van der Waals surface area contributed by atoms with Crippen LogP contribution in [0.2, 0.25) is 0 Å². The van der Waals surface area contributed by atoms with E-state index in [2.05, 4.69) is 36.2 Å². The molecule has 1 N–H and O–H groups in total. The number of nitrogens with one attached hydrogen (secondary N) is 1. The third-order valence-electron chi connectivity index (χ3n) is 2.21. The largest absolute Gasteiger partial charge is 0.467 e. The Labute approximate surface area is 112 Å². The molecule has 18 heavy (non-hydrogen) atoms. The summed E-state index contributed by atoms with van der Waals surface area (Å²) in [5, 5.41) is 2.77. The number of hydrogen-bond acceptors (Lipinski definition) is 5. The van der Waals surface area contributed by atoms with Gasteiger partial charge in [0.1, 0.15) is 5.82 Å². The maximum atomic E-state index is 14.0. The fourth-order valence-electron chi connectivity index (χ4n) is 1.36. The summed E-state index contributed by atoms with van der Waals surface area (Å²) >= 11 is 3.12. The number of aromatic nitrogens is 3. The van der Waals surface area contributed by atoms with Gasteiger partial charge in [0.2, 0.25) is 5.95 Å². The van der Waals surface area contributed by atoms with Gasteiger partial charge in [0.05, 0.1) is 17.1 Å². The van der Waals surface area contributed by atoms with Crippen LogP contribution in [0.25, 0.3) is 11.4 Å². The lowest BCUT2D eigenvalue weighted by Crippen LogP contribution is -2.04. The minimum atomic E-state index is -0.423. The fourth-order valence-corrected chi connectivity index (χ4v) is 1.72. The molecule has 0 aliphatic rings. The Hall–Kier alpha value is -1.76. The van der Waals surface area contributed by atoms with Crippen molar-refractivity contribution in [2.75, 3.05) is 19.5 Å². The standard InChI is InChI=1S/C11H10BrFN4O/c1-14-10-15-9(16-11(17-10)18-2)6-4-3-5-7(12)8(6)13/h3-5H,1-2H3,(H,14,15,16,17). The molecule has 0 fully saturated rings. The predicted molar refractivity (Wildman–Crippen MR) is 69.0 cm³/mol. The first-order valence-corrected chi connectivity index (χ1v) is 5.87. The Kier molecular flexibility index (Phi) is 3.71. The lowest BCUT2D eigenvalue weighted by molar-refractivity contribution is 0.379. The molecule has 0 unspecified atom stereocenters. The average molecular weight is 313 g/mol. The Morgan fingerprint density at radius 3 is 2.72 bits per heavy atom. The smallest absolute Gasteiger partial charge is 0.321 e. The average Bonchev–Trinajstić information content (AvgIpc) is 2.41. The van der Waals surface area contributed by atoms with Crippen molar-refractivity contribution in [1.82, 2.24) is 15.0 Å². The summed E-state index contributed by atoms with van der Waals surface area (Å²) in [5.41, 5.74) is 0.279. The zero-order chi connectivity index (χ0) is 13.1. The number of halogens is 2. The van der Waals surface area contributed by atoms with Crippen LogP contribution in [0, 0.1) is 5.82 Å². The van der Waals surface area contributed by atoms with Crippen LogP contribution < -0.4 is 10.1 Å². The van der Waals surface area contributed by atoms with E-state index in [0.717, 1.165) is 0 Å². The van der Waals surface area contributed by atoms with Crippen LogP contribution in [0.1, 0.15) is 0 Å². The first-order chi connectivity index (χ1) is 8.65. The van der Waals surface area contributed by atoms with E-state index in [0.29, 0.717) is 10.4 Å². The van der Waals surface area contributed by atoms with Gasteiger partial charge in [0.15, 0.2) is 5.82 Å². The van der Waals surface area contributed by atoms with Crippen molar-refractivity contribution < 1.29 is 9.13 Å². The van der Waals surface area contributed by atoms with Gasteiger partial charge >= 0.3 is 6.01 Å². The normalized spacial score (nSPS) is 10.2. The molecule has 1 aromatic heterocycles. The van der Waals surface area contributed by atoms with Crippen molar-refractivity contribution in [2.24, 2.45) is 0 Å². The molecule has 7 heteroatoms. The summed E-state index contributed by atoms with van der Waals surface area (Å²) < 4.78 is 19.3. The Bertz CT molecular complexity index is 557. The molecule has 1 aromatic carbocycles. The van der Waals surface area contributed by atoms with Crippen molar-refractivity contribution in [1.29, 1.82) is 0 Å². The maximum Gasteiger partial charge on any atom is 0.321 e. The zero-order valence-electron chi connectivity index (χ0n) is 9.74. The lowest BCUT2D eigenvalue weighted by Gasteiger charge is -2.07. The summed E-state index contributed by atoms with van der Waals surface area (Å²) in [7, 11) is 3.10. The number of benzene rings is 1. The quantitative estimate of drug-likeness (QED) is 0.943.